The Labute approximate surface area is 94.1 Å². The van der Waals surface area contributed by atoms with Crippen LogP contribution in [0, 0.1) is 17.0 Å². The van der Waals surface area contributed by atoms with Crippen molar-refractivity contribution in [2.75, 3.05) is 0 Å². The van der Waals surface area contributed by atoms with Crippen LogP contribution in [0.15, 0.2) is 18.2 Å². The third kappa shape index (κ3) is 2.57. The fourth-order valence-corrected chi connectivity index (χ4v) is 1.49. The Hall–Kier alpha value is -1.00. The van der Waals surface area contributed by atoms with Crippen molar-refractivity contribution in [2.45, 2.75) is 32.9 Å². The van der Waals surface area contributed by atoms with Crippen LogP contribution < -0.4 is 5.73 Å². The molecule has 1 aromatic rings. The third-order valence-electron chi connectivity index (χ3n) is 2.57. The highest BCUT2D eigenvalue weighted by Crippen LogP contribution is 2.30. The van der Waals surface area contributed by atoms with Gasteiger partial charge in [0.25, 0.3) is 0 Å². The molecule has 16 heavy (non-hydrogen) atoms. The molecular weight excluding hydrogens is 212 g/mol. The molecule has 0 amide bonds. The first kappa shape index (κ1) is 13.1. The van der Waals surface area contributed by atoms with Crippen molar-refractivity contribution in [1.82, 2.24) is 0 Å². The van der Waals surface area contributed by atoms with Gasteiger partial charge < -0.3 is 10.8 Å². The van der Waals surface area contributed by atoms with E-state index in [1.54, 1.807) is 20.8 Å². The zero-order valence-electron chi connectivity index (χ0n) is 9.67. The smallest absolute Gasteiger partial charge is 0.163 e. The fourth-order valence-electron chi connectivity index (χ4n) is 1.49. The monoisotopic (exact) mass is 229 g/mol. The maximum atomic E-state index is 13.4. The molecule has 0 saturated heterocycles. The predicted octanol–water partition coefficient (Wildman–Crippen LogP) is 2.37. The number of aliphatic hydroxyl groups is 1. The second-order valence-corrected chi connectivity index (χ2v) is 4.98. The summed E-state index contributed by atoms with van der Waals surface area (Å²) in [5.41, 5.74) is 5.25. The van der Waals surface area contributed by atoms with Crippen LogP contribution in [0.3, 0.4) is 0 Å². The molecular formula is C12H17F2NO. The highest BCUT2D eigenvalue weighted by Gasteiger charge is 2.31. The van der Waals surface area contributed by atoms with Crippen molar-refractivity contribution in [3.63, 3.8) is 0 Å². The molecule has 0 unspecified atom stereocenters. The van der Waals surface area contributed by atoms with E-state index < -0.39 is 29.2 Å². The van der Waals surface area contributed by atoms with Gasteiger partial charge in [0.05, 0.1) is 12.1 Å². The number of aliphatic hydroxyl groups excluding tert-OH is 1. The van der Waals surface area contributed by atoms with Crippen LogP contribution in [0.25, 0.3) is 0 Å². The van der Waals surface area contributed by atoms with Gasteiger partial charge in [-0.1, -0.05) is 32.9 Å². The van der Waals surface area contributed by atoms with E-state index in [1.807, 2.05) is 0 Å². The molecule has 0 aliphatic rings. The SMILES string of the molecule is CC(C)(C)[C@@H](O)[C@@H](N)c1cccc(F)c1F. The Balaban J connectivity index is 3.06. The van der Waals surface area contributed by atoms with Crippen LogP contribution in [-0.4, -0.2) is 11.2 Å². The van der Waals surface area contributed by atoms with Gasteiger partial charge in [0.2, 0.25) is 0 Å². The second-order valence-electron chi connectivity index (χ2n) is 4.98. The quantitative estimate of drug-likeness (QED) is 0.817. The molecule has 0 saturated carbocycles. The molecule has 90 valence electrons. The summed E-state index contributed by atoms with van der Waals surface area (Å²) < 4.78 is 26.4. The van der Waals surface area contributed by atoms with E-state index in [9.17, 15) is 13.9 Å². The normalized spacial score (nSPS) is 15.9. The number of hydrogen-bond acceptors (Lipinski definition) is 2. The van der Waals surface area contributed by atoms with E-state index in [4.69, 9.17) is 5.73 Å². The van der Waals surface area contributed by atoms with Crippen LogP contribution in [0.4, 0.5) is 8.78 Å². The summed E-state index contributed by atoms with van der Waals surface area (Å²) in [4.78, 5) is 0. The second kappa shape index (κ2) is 4.47. The predicted molar refractivity (Wildman–Crippen MR) is 58.7 cm³/mol. The Bertz CT molecular complexity index is 374. The molecule has 1 rings (SSSR count). The largest absolute Gasteiger partial charge is 0.391 e. The van der Waals surface area contributed by atoms with E-state index >= 15 is 0 Å². The van der Waals surface area contributed by atoms with E-state index in [0.29, 0.717) is 0 Å². The van der Waals surface area contributed by atoms with E-state index in [2.05, 4.69) is 0 Å². The summed E-state index contributed by atoms with van der Waals surface area (Å²) >= 11 is 0. The molecule has 0 aliphatic carbocycles. The molecule has 4 heteroatoms. The summed E-state index contributed by atoms with van der Waals surface area (Å²) in [6, 6.07) is 2.85. The fraction of sp³-hybridized carbons (Fsp3) is 0.500. The van der Waals surface area contributed by atoms with Crippen molar-refractivity contribution in [2.24, 2.45) is 11.1 Å². The molecule has 0 spiro atoms. The average molecular weight is 229 g/mol. The summed E-state index contributed by atoms with van der Waals surface area (Å²) in [5.74, 6) is -1.94. The lowest BCUT2D eigenvalue weighted by atomic mass is 9.82. The first-order valence-electron chi connectivity index (χ1n) is 5.12. The standard InChI is InChI=1S/C12H17F2NO/c1-12(2,3)11(16)10(15)7-5-4-6-8(13)9(7)14/h4-6,10-11,16H,15H2,1-3H3/t10-,11-/m0/s1. The lowest BCUT2D eigenvalue weighted by Gasteiger charge is -2.31. The lowest BCUT2D eigenvalue weighted by Crippen LogP contribution is -2.37. The minimum atomic E-state index is -0.988. The molecule has 0 fully saturated rings. The van der Waals surface area contributed by atoms with Gasteiger partial charge in [0, 0.05) is 5.56 Å². The van der Waals surface area contributed by atoms with Crippen LogP contribution in [0.5, 0.6) is 0 Å². The van der Waals surface area contributed by atoms with E-state index in [-0.39, 0.29) is 5.56 Å². The van der Waals surface area contributed by atoms with Crippen LogP contribution in [0.1, 0.15) is 32.4 Å². The third-order valence-corrected chi connectivity index (χ3v) is 2.57. The Kier molecular flexibility index (Phi) is 3.65. The van der Waals surface area contributed by atoms with Gasteiger partial charge in [-0.25, -0.2) is 8.78 Å². The molecule has 0 radical (unpaired) electrons. The van der Waals surface area contributed by atoms with E-state index in [1.165, 1.54) is 12.1 Å². The Morgan fingerprint density at radius 1 is 1.25 bits per heavy atom. The summed E-state index contributed by atoms with van der Waals surface area (Å²) in [7, 11) is 0. The molecule has 2 atom stereocenters. The van der Waals surface area contributed by atoms with Gasteiger partial charge in [-0.2, -0.15) is 0 Å². The molecule has 1 aromatic carbocycles. The van der Waals surface area contributed by atoms with Gasteiger partial charge in [-0.15, -0.1) is 0 Å². The molecule has 0 aromatic heterocycles. The minimum Gasteiger partial charge on any atom is -0.391 e. The number of nitrogens with two attached hydrogens (primary N) is 1. The van der Waals surface area contributed by atoms with Crippen LogP contribution in [0.2, 0.25) is 0 Å². The van der Waals surface area contributed by atoms with Gasteiger partial charge in [-0.3, -0.25) is 0 Å². The zero-order valence-corrected chi connectivity index (χ0v) is 9.67. The van der Waals surface area contributed by atoms with Gasteiger partial charge in [-0.05, 0) is 11.5 Å². The molecule has 0 bridgehead atoms. The van der Waals surface area contributed by atoms with Gasteiger partial charge in [0.15, 0.2) is 11.6 Å². The minimum absolute atomic E-state index is 0.00225. The van der Waals surface area contributed by atoms with E-state index in [0.717, 1.165) is 6.07 Å². The van der Waals surface area contributed by atoms with Crippen LogP contribution in [-0.2, 0) is 0 Å². The molecule has 0 heterocycles. The maximum Gasteiger partial charge on any atom is 0.163 e. The van der Waals surface area contributed by atoms with Crippen LogP contribution >= 0.6 is 0 Å². The zero-order chi connectivity index (χ0) is 12.5. The number of benzene rings is 1. The number of halogens is 2. The highest BCUT2D eigenvalue weighted by atomic mass is 19.2. The van der Waals surface area contributed by atoms with Gasteiger partial charge >= 0.3 is 0 Å². The highest BCUT2D eigenvalue weighted by molar-refractivity contribution is 5.23. The summed E-state index contributed by atoms with van der Waals surface area (Å²) in [5, 5.41) is 9.91. The van der Waals surface area contributed by atoms with Crippen molar-refractivity contribution in [1.29, 1.82) is 0 Å². The number of rotatable bonds is 2. The summed E-state index contributed by atoms with van der Waals surface area (Å²) in [6.07, 6.45) is -0.941. The van der Waals surface area contributed by atoms with Crippen molar-refractivity contribution in [3.05, 3.63) is 35.4 Å². The van der Waals surface area contributed by atoms with Crippen molar-refractivity contribution in [3.8, 4) is 0 Å². The summed E-state index contributed by atoms with van der Waals surface area (Å²) in [6.45, 7) is 5.36. The molecule has 3 N–H and O–H groups in total. The maximum absolute atomic E-state index is 13.4. The van der Waals surface area contributed by atoms with Crippen molar-refractivity contribution < 1.29 is 13.9 Å². The number of hydrogen-bond donors (Lipinski definition) is 2. The van der Waals surface area contributed by atoms with Crippen molar-refractivity contribution >= 4 is 0 Å². The Morgan fingerprint density at radius 2 is 1.81 bits per heavy atom. The first-order valence-corrected chi connectivity index (χ1v) is 5.12. The lowest BCUT2D eigenvalue weighted by molar-refractivity contribution is 0.0390. The van der Waals surface area contributed by atoms with Gasteiger partial charge in [0.1, 0.15) is 0 Å². The molecule has 0 aliphatic heterocycles. The topological polar surface area (TPSA) is 46.2 Å². The first-order chi connectivity index (χ1) is 7.25. The molecule has 2 nitrogen and oxygen atoms in total. The Morgan fingerprint density at radius 3 is 2.31 bits per heavy atom. The average Bonchev–Trinajstić information content (AvgIpc) is 2.18.